The van der Waals surface area contributed by atoms with Crippen LogP contribution in [0.4, 0.5) is 0 Å². The normalized spacial score (nSPS) is 12.1. The fraction of sp³-hybridized carbons (Fsp3) is 0.591. The number of carbonyl (C=O) groups excluding carboxylic acids is 3. The molecule has 164 valence electrons. The Bertz CT molecular complexity index is 644. The molecular formula is C22H33NNa2O5S. The Morgan fingerprint density at radius 2 is 1.39 bits per heavy atom. The van der Waals surface area contributed by atoms with E-state index in [1.165, 1.54) is 28.5 Å². The maximum absolute atomic E-state index is 11.6. The van der Waals surface area contributed by atoms with Gasteiger partial charge in [-0.05, 0) is 59.8 Å². The first-order chi connectivity index (χ1) is 13.6. The average Bonchev–Trinajstić information content (AvgIpc) is 2.61. The van der Waals surface area contributed by atoms with Gasteiger partial charge in [0.2, 0.25) is 5.91 Å². The SMILES string of the molecule is CC(C)=CCC/C(C)=C/CC/C(C)=C/CSCC(NC(=O)CCC(=O)[O-])C(=O)[O-].[Na+].[Na+]. The van der Waals surface area contributed by atoms with Crippen molar-refractivity contribution in [2.45, 2.75) is 72.3 Å². The molecule has 0 fully saturated rings. The molecule has 1 amide bonds. The predicted octanol–water partition coefficient (Wildman–Crippen LogP) is -4.09. The van der Waals surface area contributed by atoms with Crippen molar-refractivity contribution in [3.63, 3.8) is 0 Å². The Labute approximate surface area is 235 Å². The van der Waals surface area contributed by atoms with E-state index in [1.807, 2.05) is 6.92 Å². The van der Waals surface area contributed by atoms with E-state index < -0.39 is 30.3 Å². The minimum Gasteiger partial charge on any atom is -0.550 e. The number of hydrogen-bond acceptors (Lipinski definition) is 6. The standard InChI is InChI=1S/C22H35NO5S.2Na/c1-16(2)7-5-8-17(3)9-6-10-18(4)13-14-29-15-19(22(27)28)23-20(24)11-12-21(25)26;;/h7,9,13,19H,5-6,8,10-12,14-15H2,1-4H3,(H,23,24)(H,25,26)(H,27,28);;/q;2*+1/p-2/b17-9+,18-13+;;. The molecule has 0 aliphatic carbocycles. The van der Waals surface area contributed by atoms with Gasteiger partial charge in [0, 0.05) is 23.9 Å². The summed E-state index contributed by atoms with van der Waals surface area (Å²) in [5.74, 6) is -2.57. The zero-order chi connectivity index (χ0) is 22.2. The fourth-order valence-electron chi connectivity index (χ4n) is 2.38. The minimum atomic E-state index is -1.38. The van der Waals surface area contributed by atoms with Crippen LogP contribution in [0, 0.1) is 0 Å². The molecule has 0 aromatic rings. The molecule has 0 saturated heterocycles. The van der Waals surface area contributed by atoms with Crippen LogP contribution >= 0.6 is 11.8 Å². The molecule has 0 aliphatic heterocycles. The predicted molar refractivity (Wildman–Crippen MR) is 114 cm³/mol. The topological polar surface area (TPSA) is 109 Å². The average molecular weight is 470 g/mol. The molecule has 0 aromatic heterocycles. The molecule has 0 radical (unpaired) electrons. The van der Waals surface area contributed by atoms with Gasteiger partial charge in [0.1, 0.15) is 0 Å². The summed E-state index contributed by atoms with van der Waals surface area (Å²) in [5, 5.41) is 23.8. The molecule has 6 nitrogen and oxygen atoms in total. The largest absolute Gasteiger partial charge is 1.00 e. The number of amides is 1. The van der Waals surface area contributed by atoms with E-state index in [2.05, 4.69) is 44.3 Å². The van der Waals surface area contributed by atoms with Crippen LogP contribution in [0.15, 0.2) is 34.9 Å². The number of carbonyl (C=O) groups is 3. The van der Waals surface area contributed by atoms with Crippen molar-refractivity contribution in [3.05, 3.63) is 34.9 Å². The minimum absolute atomic E-state index is 0. The van der Waals surface area contributed by atoms with E-state index in [0.717, 1.165) is 25.7 Å². The molecule has 1 N–H and O–H groups in total. The molecular weight excluding hydrogens is 436 g/mol. The van der Waals surface area contributed by atoms with Crippen LogP contribution < -0.4 is 74.6 Å². The van der Waals surface area contributed by atoms with Crippen LogP contribution in [0.2, 0.25) is 0 Å². The molecule has 0 spiro atoms. The van der Waals surface area contributed by atoms with Crippen LogP contribution in [0.25, 0.3) is 0 Å². The third kappa shape index (κ3) is 22.9. The summed E-state index contributed by atoms with van der Waals surface area (Å²) >= 11 is 1.38. The summed E-state index contributed by atoms with van der Waals surface area (Å²) in [6.07, 6.45) is 9.88. The zero-order valence-corrected chi connectivity index (χ0v) is 24.7. The van der Waals surface area contributed by atoms with Crippen molar-refractivity contribution in [3.8, 4) is 0 Å². The number of carboxylic acids is 2. The molecule has 0 rings (SSSR count). The zero-order valence-electron chi connectivity index (χ0n) is 19.9. The Morgan fingerprint density at radius 3 is 1.90 bits per heavy atom. The molecule has 0 saturated carbocycles. The Hall–Kier alpha value is -0.0200. The van der Waals surface area contributed by atoms with Gasteiger partial charge in [0.15, 0.2) is 0 Å². The Kier molecular flexibility index (Phi) is 25.0. The summed E-state index contributed by atoms with van der Waals surface area (Å²) in [7, 11) is 0. The van der Waals surface area contributed by atoms with Crippen molar-refractivity contribution >= 4 is 29.6 Å². The smallest absolute Gasteiger partial charge is 0.550 e. The molecule has 0 aliphatic rings. The number of rotatable bonds is 15. The van der Waals surface area contributed by atoms with Crippen LogP contribution in [0.3, 0.4) is 0 Å². The molecule has 31 heavy (non-hydrogen) atoms. The van der Waals surface area contributed by atoms with Gasteiger partial charge in [-0.3, -0.25) is 4.79 Å². The van der Waals surface area contributed by atoms with E-state index in [1.54, 1.807) is 0 Å². The van der Waals surface area contributed by atoms with Gasteiger partial charge in [-0.25, -0.2) is 0 Å². The summed E-state index contributed by atoms with van der Waals surface area (Å²) in [6, 6.07) is -1.14. The second-order valence-corrected chi connectivity index (χ2v) is 8.38. The first-order valence-corrected chi connectivity index (χ1v) is 11.0. The first kappa shape index (κ1) is 35.6. The number of nitrogens with one attached hydrogen (secondary N) is 1. The van der Waals surface area contributed by atoms with Crippen molar-refractivity contribution in [2.24, 2.45) is 0 Å². The van der Waals surface area contributed by atoms with Gasteiger partial charge in [-0.1, -0.05) is 34.9 Å². The van der Waals surface area contributed by atoms with E-state index in [-0.39, 0.29) is 71.3 Å². The molecule has 9 heteroatoms. The van der Waals surface area contributed by atoms with Crippen LogP contribution in [-0.2, 0) is 14.4 Å². The van der Waals surface area contributed by atoms with Crippen molar-refractivity contribution in [1.29, 1.82) is 0 Å². The number of carboxylic acid groups (broad SMARTS) is 2. The monoisotopic (exact) mass is 469 g/mol. The van der Waals surface area contributed by atoms with Crippen molar-refractivity contribution < 1.29 is 83.7 Å². The second-order valence-electron chi connectivity index (χ2n) is 7.31. The first-order valence-electron chi connectivity index (χ1n) is 9.84. The van der Waals surface area contributed by atoms with Gasteiger partial charge < -0.3 is 25.1 Å². The fourth-order valence-corrected chi connectivity index (χ4v) is 3.37. The van der Waals surface area contributed by atoms with Gasteiger partial charge >= 0.3 is 59.1 Å². The molecule has 0 bridgehead atoms. The van der Waals surface area contributed by atoms with Crippen LogP contribution in [-0.4, -0.2) is 35.4 Å². The third-order valence-electron chi connectivity index (χ3n) is 4.13. The van der Waals surface area contributed by atoms with E-state index in [0.29, 0.717) is 5.75 Å². The molecule has 0 aromatic carbocycles. The summed E-state index contributed by atoms with van der Waals surface area (Å²) in [6.45, 7) is 8.40. The van der Waals surface area contributed by atoms with Crippen LogP contribution in [0.5, 0.6) is 0 Å². The maximum Gasteiger partial charge on any atom is 1.00 e. The summed E-state index contributed by atoms with van der Waals surface area (Å²) in [4.78, 5) is 33.0. The van der Waals surface area contributed by atoms with Gasteiger partial charge in [0.05, 0.1) is 12.0 Å². The second kappa shape index (κ2) is 21.8. The Balaban J connectivity index is -0.00000392. The van der Waals surface area contributed by atoms with E-state index in [9.17, 15) is 24.6 Å². The van der Waals surface area contributed by atoms with Gasteiger partial charge in [-0.2, -0.15) is 11.8 Å². The van der Waals surface area contributed by atoms with Crippen molar-refractivity contribution in [2.75, 3.05) is 11.5 Å². The van der Waals surface area contributed by atoms with E-state index >= 15 is 0 Å². The number of hydrogen-bond donors (Lipinski definition) is 1. The molecule has 1 unspecified atom stereocenters. The summed E-state index contributed by atoms with van der Waals surface area (Å²) in [5.41, 5.74) is 3.96. The maximum atomic E-state index is 11.6. The molecule has 1 atom stereocenters. The van der Waals surface area contributed by atoms with E-state index in [4.69, 9.17) is 0 Å². The van der Waals surface area contributed by atoms with Crippen LogP contribution in [0.1, 0.15) is 66.2 Å². The van der Waals surface area contributed by atoms with Gasteiger partial charge in [-0.15, -0.1) is 0 Å². The number of allylic oxidation sites excluding steroid dienone is 5. The Morgan fingerprint density at radius 1 is 0.839 bits per heavy atom. The molecule has 0 heterocycles. The van der Waals surface area contributed by atoms with Crippen molar-refractivity contribution in [1.82, 2.24) is 5.32 Å². The third-order valence-corrected chi connectivity index (χ3v) is 5.10. The summed E-state index contributed by atoms with van der Waals surface area (Å²) < 4.78 is 0. The number of aliphatic carboxylic acids is 2. The quantitative estimate of drug-likeness (QED) is 0.148. The van der Waals surface area contributed by atoms with Gasteiger partial charge in [0.25, 0.3) is 0 Å². The number of thioether (sulfide) groups is 1.